The van der Waals surface area contributed by atoms with Crippen LogP contribution in [0, 0.1) is 0 Å². The number of pyridine rings is 1. The van der Waals surface area contributed by atoms with Crippen LogP contribution in [0.1, 0.15) is 22.7 Å². The van der Waals surface area contributed by atoms with Crippen LogP contribution in [0.15, 0.2) is 41.1 Å². The summed E-state index contributed by atoms with van der Waals surface area (Å²) >= 11 is 0. The SMILES string of the molecule is O=C(NC1CCS(=O)(=O)C1)c1ccc(NCc2ccco2)cn1. The van der Waals surface area contributed by atoms with E-state index >= 15 is 0 Å². The first kappa shape index (κ1) is 15.5. The topological polar surface area (TPSA) is 101 Å². The summed E-state index contributed by atoms with van der Waals surface area (Å²) in [7, 11) is -3.01. The fraction of sp³-hybridized carbons (Fsp3) is 0.333. The zero-order chi connectivity index (χ0) is 16.3. The Hall–Kier alpha value is -2.35. The summed E-state index contributed by atoms with van der Waals surface area (Å²) in [5, 5.41) is 5.84. The van der Waals surface area contributed by atoms with Crippen molar-refractivity contribution >= 4 is 21.4 Å². The maximum atomic E-state index is 12.1. The molecule has 0 radical (unpaired) electrons. The van der Waals surface area contributed by atoms with Gasteiger partial charge in [0.1, 0.15) is 11.5 Å². The Morgan fingerprint density at radius 1 is 1.35 bits per heavy atom. The molecule has 1 aliphatic rings. The lowest BCUT2D eigenvalue weighted by Crippen LogP contribution is -2.36. The normalized spacial score (nSPS) is 19.4. The number of hydrogen-bond donors (Lipinski definition) is 2. The van der Waals surface area contributed by atoms with Gasteiger partial charge in [-0.25, -0.2) is 13.4 Å². The number of hydrogen-bond acceptors (Lipinski definition) is 6. The molecule has 2 N–H and O–H groups in total. The number of carbonyl (C=O) groups is 1. The second-order valence-electron chi connectivity index (χ2n) is 5.44. The summed E-state index contributed by atoms with van der Waals surface area (Å²) in [6.45, 7) is 0.528. The minimum Gasteiger partial charge on any atom is -0.467 e. The van der Waals surface area contributed by atoms with Gasteiger partial charge in [0.2, 0.25) is 0 Å². The van der Waals surface area contributed by atoms with Crippen molar-refractivity contribution in [2.75, 3.05) is 16.8 Å². The lowest BCUT2D eigenvalue weighted by Gasteiger charge is -2.10. The molecule has 2 aromatic rings. The number of carbonyl (C=O) groups excluding carboxylic acids is 1. The second-order valence-corrected chi connectivity index (χ2v) is 7.67. The van der Waals surface area contributed by atoms with Crippen LogP contribution < -0.4 is 10.6 Å². The highest BCUT2D eigenvalue weighted by molar-refractivity contribution is 7.91. The molecule has 1 unspecified atom stereocenters. The molecule has 3 rings (SSSR count). The van der Waals surface area contributed by atoms with Crippen molar-refractivity contribution in [3.05, 3.63) is 48.2 Å². The van der Waals surface area contributed by atoms with Gasteiger partial charge >= 0.3 is 0 Å². The third-order valence-corrected chi connectivity index (χ3v) is 5.38. The Morgan fingerprint density at radius 2 is 2.22 bits per heavy atom. The standard InChI is InChI=1S/C15H17N3O4S/c19-15(18-12-5-7-23(20,21)10-12)14-4-3-11(8-17-14)16-9-13-2-1-6-22-13/h1-4,6,8,12,16H,5,7,9-10H2,(H,18,19). The molecular formula is C15H17N3O4S. The van der Waals surface area contributed by atoms with Crippen LogP contribution in [0.2, 0.25) is 0 Å². The molecule has 0 bridgehead atoms. The first-order valence-corrected chi connectivity index (χ1v) is 9.07. The van der Waals surface area contributed by atoms with Gasteiger partial charge in [0.25, 0.3) is 5.91 Å². The van der Waals surface area contributed by atoms with Crippen LogP contribution in [-0.2, 0) is 16.4 Å². The van der Waals surface area contributed by atoms with Crippen LogP contribution in [0.3, 0.4) is 0 Å². The molecule has 0 saturated carbocycles. The van der Waals surface area contributed by atoms with Gasteiger partial charge in [-0.3, -0.25) is 4.79 Å². The van der Waals surface area contributed by atoms with E-state index in [0.29, 0.717) is 13.0 Å². The number of furan rings is 1. The Balaban J connectivity index is 1.55. The molecule has 1 saturated heterocycles. The second kappa shape index (κ2) is 6.41. The van der Waals surface area contributed by atoms with Crippen molar-refractivity contribution in [3.63, 3.8) is 0 Å². The van der Waals surface area contributed by atoms with Crippen LogP contribution in [0.5, 0.6) is 0 Å². The predicted molar refractivity (Wildman–Crippen MR) is 84.8 cm³/mol. The first-order chi connectivity index (χ1) is 11.0. The van der Waals surface area contributed by atoms with Gasteiger partial charge in [-0.05, 0) is 30.7 Å². The third kappa shape index (κ3) is 4.10. The summed E-state index contributed by atoms with van der Waals surface area (Å²) in [6, 6.07) is 6.69. The molecule has 1 fully saturated rings. The number of rotatable bonds is 5. The molecule has 0 spiro atoms. The molecular weight excluding hydrogens is 318 g/mol. The smallest absolute Gasteiger partial charge is 0.270 e. The lowest BCUT2D eigenvalue weighted by atomic mass is 10.2. The molecule has 7 nitrogen and oxygen atoms in total. The van der Waals surface area contributed by atoms with Crippen LogP contribution in [0.4, 0.5) is 5.69 Å². The third-order valence-electron chi connectivity index (χ3n) is 3.61. The largest absolute Gasteiger partial charge is 0.467 e. The zero-order valence-electron chi connectivity index (χ0n) is 12.4. The van der Waals surface area contributed by atoms with Gasteiger partial charge in [-0.15, -0.1) is 0 Å². The van der Waals surface area contributed by atoms with Crippen molar-refractivity contribution in [2.24, 2.45) is 0 Å². The van der Waals surface area contributed by atoms with E-state index < -0.39 is 9.84 Å². The molecule has 0 aromatic carbocycles. The van der Waals surface area contributed by atoms with Gasteiger partial charge in [0.05, 0.1) is 36.2 Å². The fourth-order valence-electron chi connectivity index (χ4n) is 2.40. The van der Waals surface area contributed by atoms with Crippen molar-refractivity contribution in [3.8, 4) is 0 Å². The van der Waals surface area contributed by atoms with Gasteiger partial charge < -0.3 is 15.1 Å². The van der Waals surface area contributed by atoms with Gasteiger partial charge in [0.15, 0.2) is 9.84 Å². The average molecular weight is 335 g/mol. The summed E-state index contributed by atoms with van der Waals surface area (Å²) in [6.07, 6.45) is 3.62. The molecule has 3 heterocycles. The molecule has 122 valence electrons. The highest BCUT2D eigenvalue weighted by atomic mass is 32.2. The van der Waals surface area contributed by atoms with E-state index in [4.69, 9.17) is 4.42 Å². The highest BCUT2D eigenvalue weighted by Crippen LogP contribution is 2.13. The van der Waals surface area contributed by atoms with Gasteiger partial charge in [-0.1, -0.05) is 0 Å². The summed E-state index contributed by atoms with van der Waals surface area (Å²) < 4.78 is 28.0. The molecule has 1 atom stereocenters. The number of nitrogens with one attached hydrogen (secondary N) is 2. The Morgan fingerprint density at radius 3 is 2.83 bits per heavy atom. The van der Waals surface area contributed by atoms with E-state index in [-0.39, 0.29) is 29.1 Å². The van der Waals surface area contributed by atoms with E-state index in [9.17, 15) is 13.2 Å². The van der Waals surface area contributed by atoms with E-state index in [1.807, 2.05) is 12.1 Å². The Labute approximate surface area is 134 Å². The highest BCUT2D eigenvalue weighted by Gasteiger charge is 2.29. The molecule has 1 amide bonds. The van der Waals surface area contributed by atoms with E-state index in [2.05, 4.69) is 15.6 Å². The van der Waals surface area contributed by atoms with E-state index in [1.54, 1.807) is 24.6 Å². The number of nitrogens with zero attached hydrogens (tertiary/aromatic N) is 1. The maximum absolute atomic E-state index is 12.1. The molecule has 23 heavy (non-hydrogen) atoms. The first-order valence-electron chi connectivity index (χ1n) is 7.25. The molecule has 1 aliphatic heterocycles. The minimum absolute atomic E-state index is 0.00151. The number of amides is 1. The fourth-order valence-corrected chi connectivity index (χ4v) is 4.08. The van der Waals surface area contributed by atoms with Gasteiger partial charge in [-0.2, -0.15) is 0 Å². The Bertz CT molecular complexity index is 770. The monoisotopic (exact) mass is 335 g/mol. The van der Waals surface area contributed by atoms with E-state index in [0.717, 1.165) is 11.4 Å². The quantitative estimate of drug-likeness (QED) is 0.851. The van der Waals surface area contributed by atoms with E-state index in [1.165, 1.54) is 0 Å². The zero-order valence-corrected chi connectivity index (χ0v) is 13.2. The van der Waals surface area contributed by atoms with Crippen LogP contribution in [0.25, 0.3) is 0 Å². The maximum Gasteiger partial charge on any atom is 0.270 e. The Kier molecular flexibility index (Phi) is 4.33. The van der Waals surface area contributed by atoms with Crippen LogP contribution in [-0.4, -0.2) is 36.9 Å². The lowest BCUT2D eigenvalue weighted by molar-refractivity contribution is 0.0936. The predicted octanol–water partition coefficient (Wildman–Crippen LogP) is 1.20. The molecule has 2 aromatic heterocycles. The molecule has 0 aliphatic carbocycles. The molecule has 8 heteroatoms. The minimum atomic E-state index is -3.01. The van der Waals surface area contributed by atoms with Crippen molar-refractivity contribution in [2.45, 2.75) is 19.0 Å². The summed E-state index contributed by atoms with van der Waals surface area (Å²) in [5.41, 5.74) is 1.03. The van der Waals surface area contributed by atoms with Gasteiger partial charge in [0, 0.05) is 6.04 Å². The summed E-state index contributed by atoms with van der Waals surface area (Å²) in [5.74, 6) is 0.571. The van der Waals surface area contributed by atoms with Crippen molar-refractivity contribution in [1.82, 2.24) is 10.3 Å². The van der Waals surface area contributed by atoms with Crippen molar-refractivity contribution in [1.29, 1.82) is 0 Å². The number of aromatic nitrogens is 1. The average Bonchev–Trinajstić information content (AvgIpc) is 3.15. The van der Waals surface area contributed by atoms with Crippen molar-refractivity contribution < 1.29 is 17.6 Å². The number of anilines is 1. The summed E-state index contributed by atoms with van der Waals surface area (Å²) in [4.78, 5) is 16.2. The van der Waals surface area contributed by atoms with Crippen LogP contribution >= 0.6 is 0 Å². The number of sulfone groups is 1.